The quantitative estimate of drug-likeness (QED) is 0.693. The maximum Gasteiger partial charge on any atom is 0.127 e. The van der Waals surface area contributed by atoms with Crippen LogP contribution in [0.4, 0.5) is 0 Å². The summed E-state index contributed by atoms with van der Waals surface area (Å²) in [4.78, 5) is 0. The van der Waals surface area contributed by atoms with E-state index in [0.29, 0.717) is 5.02 Å². The molecule has 0 aliphatic heterocycles. The van der Waals surface area contributed by atoms with Gasteiger partial charge in [-0.1, -0.05) is 48.0 Å². The van der Waals surface area contributed by atoms with Crippen molar-refractivity contribution in [1.29, 1.82) is 0 Å². The summed E-state index contributed by atoms with van der Waals surface area (Å²) in [5.74, 6) is 0. The zero-order valence-corrected chi connectivity index (χ0v) is 12.6. The number of aliphatic hydroxyl groups is 1. The SMILES string of the molecule is NC[C@@](O)(c1ccc(Cl)cc1)c1ccc(-c2cn[nH]c2)cc1. The molecule has 0 fully saturated rings. The Balaban J connectivity index is 1.98. The van der Waals surface area contributed by atoms with Crippen LogP contribution in [0.2, 0.25) is 5.02 Å². The predicted molar refractivity (Wildman–Crippen MR) is 87.5 cm³/mol. The van der Waals surface area contributed by atoms with E-state index in [4.69, 9.17) is 17.3 Å². The van der Waals surface area contributed by atoms with Gasteiger partial charge < -0.3 is 10.8 Å². The van der Waals surface area contributed by atoms with Crippen molar-refractivity contribution in [2.24, 2.45) is 5.73 Å². The number of benzene rings is 2. The standard InChI is InChI=1S/C17H16ClN3O/c18-16-7-5-15(6-8-16)17(22,11-19)14-3-1-12(2-4-14)13-9-20-21-10-13/h1-10,22H,11,19H2,(H,20,21)/t17-/m0/s1. The summed E-state index contributed by atoms with van der Waals surface area (Å²) in [6.45, 7) is 0.0830. The molecule has 0 saturated heterocycles. The van der Waals surface area contributed by atoms with Crippen molar-refractivity contribution >= 4 is 11.6 Å². The summed E-state index contributed by atoms with van der Waals surface area (Å²) in [7, 11) is 0. The summed E-state index contributed by atoms with van der Waals surface area (Å²) in [6.07, 6.45) is 3.58. The average molecular weight is 314 g/mol. The number of hydrogen-bond acceptors (Lipinski definition) is 3. The lowest BCUT2D eigenvalue weighted by atomic mass is 9.86. The van der Waals surface area contributed by atoms with Crippen molar-refractivity contribution < 1.29 is 5.11 Å². The predicted octanol–water partition coefficient (Wildman–Crippen LogP) is 2.92. The summed E-state index contributed by atoms with van der Waals surface area (Å²) in [6, 6.07) is 14.7. The first-order chi connectivity index (χ1) is 10.6. The van der Waals surface area contributed by atoms with Gasteiger partial charge in [-0.2, -0.15) is 5.10 Å². The maximum absolute atomic E-state index is 11.0. The summed E-state index contributed by atoms with van der Waals surface area (Å²) < 4.78 is 0. The highest BCUT2D eigenvalue weighted by Crippen LogP contribution is 2.31. The van der Waals surface area contributed by atoms with E-state index in [1.54, 1.807) is 30.5 Å². The molecule has 1 atom stereocenters. The van der Waals surface area contributed by atoms with Crippen molar-refractivity contribution in [1.82, 2.24) is 10.2 Å². The van der Waals surface area contributed by atoms with Crippen LogP contribution < -0.4 is 5.73 Å². The molecule has 0 bridgehead atoms. The van der Waals surface area contributed by atoms with E-state index in [9.17, 15) is 5.11 Å². The molecule has 5 heteroatoms. The Morgan fingerprint density at radius 1 is 1.00 bits per heavy atom. The summed E-state index contributed by atoms with van der Waals surface area (Å²) in [5.41, 5.74) is 8.08. The van der Waals surface area contributed by atoms with Crippen molar-refractivity contribution in [2.45, 2.75) is 5.60 Å². The fourth-order valence-corrected chi connectivity index (χ4v) is 2.60. The summed E-state index contributed by atoms with van der Waals surface area (Å²) in [5, 5.41) is 18.3. The van der Waals surface area contributed by atoms with Gasteiger partial charge in [-0.3, -0.25) is 5.10 Å². The Bertz CT molecular complexity index is 739. The van der Waals surface area contributed by atoms with Crippen LogP contribution in [0.5, 0.6) is 0 Å². The third-order valence-electron chi connectivity index (χ3n) is 3.81. The highest BCUT2D eigenvalue weighted by Gasteiger charge is 2.29. The second kappa shape index (κ2) is 5.93. The number of aromatic nitrogens is 2. The van der Waals surface area contributed by atoms with E-state index in [0.717, 1.165) is 22.3 Å². The highest BCUT2D eigenvalue weighted by atomic mass is 35.5. The number of nitrogens with two attached hydrogens (primary N) is 1. The number of aromatic amines is 1. The molecule has 0 amide bonds. The maximum atomic E-state index is 11.0. The Labute approximate surface area is 133 Å². The number of hydrogen-bond donors (Lipinski definition) is 3. The minimum Gasteiger partial charge on any atom is -0.379 e. The number of nitrogens with one attached hydrogen (secondary N) is 1. The van der Waals surface area contributed by atoms with Crippen LogP contribution in [-0.2, 0) is 5.60 Å². The molecule has 2 aromatic carbocycles. The van der Waals surface area contributed by atoms with Gasteiger partial charge in [0, 0.05) is 23.3 Å². The first-order valence-electron chi connectivity index (χ1n) is 6.91. The molecule has 112 valence electrons. The second-order valence-corrected chi connectivity index (χ2v) is 5.57. The van der Waals surface area contributed by atoms with E-state index in [1.807, 2.05) is 30.5 Å². The van der Waals surface area contributed by atoms with Crippen LogP contribution in [0.25, 0.3) is 11.1 Å². The molecule has 0 aliphatic rings. The number of H-pyrrole nitrogens is 1. The van der Waals surface area contributed by atoms with Crippen molar-refractivity contribution in [3.05, 3.63) is 77.1 Å². The van der Waals surface area contributed by atoms with Gasteiger partial charge in [-0.15, -0.1) is 0 Å². The van der Waals surface area contributed by atoms with Gasteiger partial charge in [-0.25, -0.2) is 0 Å². The fraction of sp³-hybridized carbons (Fsp3) is 0.118. The molecule has 3 aromatic rings. The molecule has 4 nitrogen and oxygen atoms in total. The molecule has 3 rings (SSSR count). The van der Waals surface area contributed by atoms with Crippen LogP contribution in [0, 0.1) is 0 Å². The normalized spacial score (nSPS) is 13.8. The lowest BCUT2D eigenvalue weighted by molar-refractivity contribution is 0.0902. The molecule has 0 radical (unpaired) electrons. The van der Waals surface area contributed by atoms with Gasteiger partial charge in [0.1, 0.15) is 5.60 Å². The topological polar surface area (TPSA) is 74.9 Å². The van der Waals surface area contributed by atoms with E-state index < -0.39 is 5.60 Å². The fourth-order valence-electron chi connectivity index (χ4n) is 2.48. The molecule has 0 spiro atoms. The van der Waals surface area contributed by atoms with Crippen LogP contribution in [0.1, 0.15) is 11.1 Å². The van der Waals surface area contributed by atoms with E-state index in [-0.39, 0.29) is 6.54 Å². The zero-order chi connectivity index (χ0) is 15.6. The highest BCUT2D eigenvalue weighted by molar-refractivity contribution is 6.30. The largest absolute Gasteiger partial charge is 0.379 e. The molecular formula is C17H16ClN3O. The Morgan fingerprint density at radius 2 is 1.59 bits per heavy atom. The van der Waals surface area contributed by atoms with Gasteiger partial charge >= 0.3 is 0 Å². The van der Waals surface area contributed by atoms with Crippen LogP contribution >= 0.6 is 11.6 Å². The number of nitrogens with zero attached hydrogens (tertiary/aromatic N) is 1. The first kappa shape index (κ1) is 14.8. The van der Waals surface area contributed by atoms with Gasteiger partial charge in [-0.05, 0) is 28.8 Å². The van der Waals surface area contributed by atoms with Gasteiger partial charge in [0.15, 0.2) is 0 Å². The monoisotopic (exact) mass is 313 g/mol. The Hall–Kier alpha value is -2.14. The Morgan fingerprint density at radius 3 is 2.09 bits per heavy atom. The van der Waals surface area contributed by atoms with Crippen LogP contribution in [0.15, 0.2) is 60.9 Å². The van der Waals surface area contributed by atoms with E-state index in [1.165, 1.54) is 0 Å². The molecule has 22 heavy (non-hydrogen) atoms. The van der Waals surface area contributed by atoms with Crippen molar-refractivity contribution in [3.8, 4) is 11.1 Å². The molecule has 0 aliphatic carbocycles. The smallest absolute Gasteiger partial charge is 0.127 e. The first-order valence-corrected chi connectivity index (χ1v) is 7.29. The second-order valence-electron chi connectivity index (χ2n) is 5.14. The molecular weight excluding hydrogens is 298 g/mol. The minimum atomic E-state index is -1.24. The summed E-state index contributed by atoms with van der Waals surface area (Å²) >= 11 is 5.91. The number of halogens is 1. The minimum absolute atomic E-state index is 0.0830. The lowest BCUT2D eigenvalue weighted by Crippen LogP contribution is -2.36. The molecule has 0 saturated carbocycles. The number of rotatable bonds is 4. The van der Waals surface area contributed by atoms with E-state index in [2.05, 4.69) is 10.2 Å². The van der Waals surface area contributed by atoms with E-state index >= 15 is 0 Å². The van der Waals surface area contributed by atoms with Gasteiger partial charge in [0.05, 0.1) is 6.20 Å². The van der Waals surface area contributed by atoms with Crippen LogP contribution in [-0.4, -0.2) is 21.8 Å². The van der Waals surface area contributed by atoms with Crippen molar-refractivity contribution in [3.63, 3.8) is 0 Å². The van der Waals surface area contributed by atoms with Crippen molar-refractivity contribution in [2.75, 3.05) is 6.54 Å². The Kier molecular flexibility index (Phi) is 3.98. The third-order valence-corrected chi connectivity index (χ3v) is 4.06. The average Bonchev–Trinajstić information content (AvgIpc) is 3.09. The molecule has 1 heterocycles. The van der Waals surface area contributed by atoms with Gasteiger partial charge in [0.25, 0.3) is 0 Å². The van der Waals surface area contributed by atoms with Gasteiger partial charge in [0.2, 0.25) is 0 Å². The lowest BCUT2D eigenvalue weighted by Gasteiger charge is -2.28. The van der Waals surface area contributed by atoms with Crippen LogP contribution in [0.3, 0.4) is 0 Å². The molecule has 0 unspecified atom stereocenters. The molecule has 4 N–H and O–H groups in total. The molecule has 1 aromatic heterocycles. The third kappa shape index (κ3) is 2.64. The zero-order valence-electron chi connectivity index (χ0n) is 11.8.